The molecule has 26 heavy (non-hydrogen) atoms. The number of hydrogen-bond acceptors (Lipinski definition) is 4. The molecule has 5 nitrogen and oxygen atoms in total. The highest BCUT2D eigenvalue weighted by Gasteiger charge is 2.34. The molecule has 0 saturated heterocycles. The molecule has 0 aliphatic rings. The maximum atomic E-state index is 13.2. The molecule has 8 heteroatoms. The van der Waals surface area contributed by atoms with Gasteiger partial charge in [0.15, 0.2) is 0 Å². The number of nitrogens with zero attached hydrogens (tertiary/aromatic N) is 4. The second-order valence-electron chi connectivity index (χ2n) is 5.66. The molecule has 1 aromatic heterocycles. The Hall–Kier alpha value is -3.34. The number of anilines is 1. The van der Waals surface area contributed by atoms with Gasteiger partial charge in [0.2, 0.25) is 0 Å². The van der Waals surface area contributed by atoms with Gasteiger partial charge in [-0.15, -0.1) is 5.10 Å². The SMILES string of the molecule is CC(Nc1cc(C#N)ccc1C(F)(F)F)c1cn(-c2ccccc2)nn1. The number of benzene rings is 2. The number of rotatable bonds is 4. The van der Waals surface area contributed by atoms with Gasteiger partial charge in [0.05, 0.1) is 35.1 Å². The predicted octanol–water partition coefficient (Wildman–Crippen LogP) is 4.33. The number of nitrogens with one attached hydrogen (secondary N) is 1. The summed E-state index contributed by atoms with van der Waals surface area (Å²) < 4.78 is 41.2. The van der Waals surface area contributed by atoms with E-state index in [1.165, 1.54) is 6.07 Å². The van der Waals surface area contributed by atoms with Crippen molar-refractivity contribution in [3.63, 3.8) is 0 Å². The van der Waals surface area contributed by atoms with Crippen molar-refractivity contribution in [1.29, 1.82) is 5.26 Å². The lowest BCUT2D eigenvalue weighted by atomic mass is 10.1. The van der Waals surface area contributed by atoms with Gasteiger partial charge in [-0.3, -0.25) is 0 Å². The van der Waals surface area contributed by atoms with Crippen molar-refractivity contribution < 1.29 is 13.2 Å². The van der Waals surface area contributed by atoms with Gasteiger partial charge in [-0.25, -0.2) is 4.68 Å². The molecule has 0 spiro atoms. The fourth-order valence-electron chi connectivity index (χ4n) is 2.47. The van der Waals surface area contributed by atoms with Crippen LogP contribution in [-0.4, -0.2) is 15.0 Å². The van der Waals surface area contributed by atoms with Crippen LogP contribution in [0.25, 0.3) is 5.69 Å². The third-order valence-electron chi connectivity index (χ3n) is 3.80. The van der Waals surface area contributed by atoms with Crippen LogP contribution in [0.3, 0.4) is 0 Å². The number of nitriles is 1. The van der Waals surface area contributed by atoms with Gasteiger partial charge in [0.25, 0.3) is 0 Å². The van der Waals surface area contributed by atoms with Crippen LogP contribution in [-0.2, 0) is 6.18 Å². The van der Waals surface area contributed by atoms with Crippen LogP contribution < -0.4 is 5.32 Å². The average molecular weight is 357 g/mol. The third kappa shape index (κ3) is 3.67. The molecule has 0 aliphatic carbocycles. The smallest absolute Gasteiger partial charge is 0.376 e. The van der Waals surface area contributed by atoms with Crippen molar-refractivity contribution in [3.8, 4) is 11.8 Å². The first-order chi connectivity index (χ1) is 12.4. The minimum absolute atomic E-state index is 0.139. The average Bonchev–Trinajstić information content (AvgIpc) is 3.11. The minimum atomic E-state index is -4.53. The molecule has 0 aliphatic heterocycles. The van der Waals surface area contributed by atoms with E-state index in [-0.39, 0.29) is 11.3 Å². The van der Waals surface area contributed by atoms with E-state index in [0.717, 1.165) is 17.8 Å². The summed E-state index contributed by atoms with van der Waals surface area (Å²) in [6.07, 6.45) is -2.88. The van der Waals surface area contributed by atoms with Crippen molar-refractivity contribution in [3.05, 3.63) is 71.5 Å². The fourth-order valence-corrected chi connectivity index (χ4v) is 2.47. The Morgan fingerprint density at radius 3 is 2.54 bits per heavy atom. The lowest BCUT2D eigenvalue weighted by Crippen LogP contribution is -2.14. The van der Waals surface area contributed by atoms with E-state index in [1.54, 1.807) is 17.8 Å². The largest absolute Gasteiger partial charge is 0.418 e. The molecular weight excluding hydrogens is 343 g/mol. The summed E-state index contributed by atoms with van der Waals surface area (Å²) in [6.45, 7) is 1.68. The standard InChI is InChI=1S/C18H14F3N5/c1-12(17-11-26(25-24-17)14-5-3-2-4-6-14)23-16-9-13(10-22)7-8-15(16)18(19,20)21/h2-9,11-12,23H,1H3. The number of halogens is 3. The summed E-state index contributed by atoms with van der Waals surface area (Å²) in [4.78, 5) is 0. The van der Waals surface area contributed by atoms with Crippen LogP contribution in [0.1, 0.15) is 29.8 Å². The molecule has 0 fully saturated rings. The molecule has 0 bridgehead atoms. The molecule has 0 radical (unpaired) electrons. The van der Waals surface area contributed by atoms with Crippen molar-refractivity contribution in [2.24, 2.45) is 0 Å². The van der Waals surface area contributed by atoms with E-state index in [9.17, 15) is 13.2 Å². The molecule has 3 rings (SSSR count). The van der Waals surface area contributed by atoms with Gasteiger partial charge in [0, 0.05) is 5.69 Å². The normalized spacial score (nSPS) is 12.4. The van der Waals surface area contributed by atoms with E-state index in [4.69, 9.17) is 5.26 Å². The van der Waals surface area contributed by atoms with Gasteiger partial charge >= 0.3 is 6.18 Å². The molecule has 2 aromatic carbocycles. The maximum absolute atomic E-state index is 13.2. The van der Waals surface area contributed by atoms with E-state index in [0.29, 0.717) is 5.69 Å². The van der Waals surface area contributed by atoms with Crippen molar-refractivity contribution in [1.82, 2.24) is 15.0 Å². The highest BCUT2D eigenvalue weighted by molar-refractivity contribution is 5.57. The van der Waals surface area contributed by atoms with Gasteiger partial charge in [0.1, 0.15) is 5.69 Å². The Morgan fingerprint density at radius 1 is 1.15 bits per heavy atom. The Labute approximate surface area is 147 Å². The third-order valence-corrected chi connectivity index (χ3v) is 3.80. The highest BCUT2D eigenvalue weighted by atomic mass is 19.4. The first kappa shape index (κ1) is 17.5. The Balaban J connectivity index is 1.88. The second-order valence-corrected chi connectivity index (χ2v) is 5.66. The van der Waals surface area contributed by atoms with Gasteiger partial charge in [-0.05, 0) is 37.3 Å². The number of para-hydroxylation sites is 1. The van der Waals surface area contributed by atoms with E-state index < -0.39 is 17.8 Å². The molecule has 1 unspecified atom stereocenters. The van der Waals surface area contributed by atoms with Crippen molar-refractivity contribution in [2.45, 2.75) is 19.1 Å². The summed E-state index contributed by atoms with van der Waals surface area (Å²) in [5.74, 6) is 0. The van der Waals surface area contributed by atoms with Crippen LogP contribution in [0.5, 0.6) is 0 Å². The zero-order chi connectivity index (χ0) is 18.7. The Kier molecular flexibility index (Phi) is 4.63. The van der Waals surface area contributed by atoms with E-state index in [1.807, 2.05) is 36.4 Å². The number of aromatic nitrogens is 3. The summed E-state index contributed by atoms with van der Waals surface area (Å²) in [5, 5.41) is 19.8. The summed E-state index contributed by atoms with van der Waals surface area (Å²) in [7, 11) is 0. The molecule has 1 N–H and O–H groups in total. The van der Waals surface area contributed by atoms with Crippen molar-refractivity contribution >= 4 is 5.69 Å². The lowest BCUT2D eigenvalue weighted by molar-refractivity contribution is -0.137. The summed E-state index contributed by atoms with van der Waals surface area (Å²) >= 11 is 0. The van der Waals surface area contributed by atoms with Crippen LogP contribution in [0.15, 0.2) is 54.7 Å². The molecule has 0 amide bonds. The number of hydrogen-bond donors (Lipinski definition) is 1. The molecular formula is C18H14F3N5. The minimum Gasteiger partial charge on any atom is -0.376 e. The first-order valence-electron chi connectivity index (χ1n) is 7.74. The van der Waals surface area contributed by atoms with Gasteiger partial charge < -0.3 is 5.32 Å². The lowest BCUT2D eigenvalue weighted by Gasteiger charge is -2.18. The van der Waals surface area contributed by atoms with Crippen LogP contribution in [0.4, 0.5) is 18.9 Å². The Bertz CT molecular complexity index is 941. The number of alkyl halides is 3. The van der Waals surface area contributed by atoms with Crippen LogP contribution in [0, 0.1) is 11.3 Å². The monoisotopic (exact) mass is 357 g/mol. The maximum Gasteiger partial charge on any atom is 0.418 e. The highest BCUT2D eigenvalue weighted by Crippen LogP contribution is 2.36. The van der Waals surface area contributed by atoms with E-state index >= 15 is 0 Å². The molecule has 3 aromatic rings. The van der Waals surface area contributed by atoms with Crippen molar-refractivity contribution in [2.75, 3.05) is 5.32 Å². The van der Waals surface area contributed by atoms with Gasteiger partial charge in [-0.1, -0.05) is 23.4 Å². The first-order valence-corrected chi connectivity index (χ1v) is 7.74. The van der Waals surface area contributed by atoms with E-state index in [2.05, 4.69) is 15.6 Å². The zero-order valence-electron chi connectivity index (χ0n) is 13.7. The summed E-state index contributed by atoms with van der Waals surface area (Å²) in [6, 6.07) is 13.8. The summed E-state index contributed by atoms with van der Waals surface area (Å²) in [5.41, 5.74) is 0.406. The topological polar surface area (TPSA) is 66.5 Å². The molecule has 1 heterocycles. The van der Waals surface area contributed by atoms with Crippen LogP contribution >= 0.6 is 0 Å². The Morgan fingerprint density at radius 2 is 1.88 bits per heavy atom. The molecule has 1 atom stereocenters. The molecule has 132 valence electrons. The molecule has 0 saturated carbocycles. The fraction of sp³-hybridized carbons (Fsp3) is 0.167. The second kappa shape index (κ2) is 6.88. The van der Waals surface area contributed by atoms with Crippen LogP contribution in [0.2, 0.25) is 0 Å². The zero-order valence-corrected chi connectivity index (χ0v) is 13.7. The van der Waals surface area contributed by atoms with Gasteiger partial charge in [-0.2, -0.15) is 18.4 Å². The quantitative estimate of drug-likeness (QED) is 0.755. The predicted molar refractivity (Wildman–Crippen MR) is 89.6 cm³/mol.